The average Bonchev–Trinajstić information content (AvgIpc) is 2.84. The Labute approximate surface area is 208 Å². The molecule has 1 unspecified atom stereocenters. The minimum absolute atomic E-state index is 0.491. The molecule has 0 N–H and O–H groups in total. The highest BCUT2D eigenvalue weighted by Gasteiger charge is 2.16. The van der Waals surface area contributed by atoms with Crippen LogP contribution in [0.3, 0.4) is 0 Å². The van der Waals surface area contributed by atoms with Gasteiger partial charge in [0, 0.05) is 47.0 Å². The molecule has 0 saturated carbocycles. The molecule has 5 heteroatoms. The van der Waals surface area contributed by atoms with Gasteiger partial charge in [0.15, 0.2) is 0 Å². The lowest BCUT2D eigenvalue weighted by Gasteiger charge is -2.26. The molecule has 33 heavy (non-hydrogen) atoms. The highest BCUT2D eigenvalue weighted by Crippen LogP contribution is 2.44. The summed E-state index contributed by atoms with van der Waals surface area (Å²) in [4.78, 5) is 11.2. The van der Waals surface area contributed by atoms with E-state index >= 15 is 0 Å². The molecule has 0 bridgehead atoms. The van der Waals surface area contributed by atoms with Crippen LogP contribution in [0, 0.1) is 4.51 Å². The lowest BCUT2D eigenvalue weighted by Crippen LogP contribution is -2.26. The highest BCUT2D eigenvalue weighted by molar-refractivity contribution is 8.29. The summed E-state index contributed by atoms with van der Waals surface area (Å²) in [7, 11) is 6.69. The Morgan fingerprint density at radius 2 is 1.18 bits per heavy atom. The highest BCUT2D eigenvalue weighted by atomic mass is 35.7. The fourth-order valence-corrected chi connectivity index (χ4v) is 6.28. The molecule has 3 nitrogen and oxygen atoms in total. The first kappa shape index (κ1) is 26.1. The maximum absolute atomic E-state index is 7.18. The second-order valence-electron chi connectivity index (χ2n) is 9.06. The van der Waals surface area contributed by atoms with Crippen LogP contribution in [0.15, 0.2) is 46.3 Å². The van der Waals surface area contributed by atoms with Crippen molar-refractivity contribution in [1.29, 1.82) is 0 Å². The van der Waals surface area contributed by atoms with Crippen LogP contribution in [0.1, 0.15) is 79.1 Å². The lowest BCUT2D eigenvalue weighted by atomic mass is 10.2. The number of fused-ring (bicyclic) bond motifs is 2. The first-order valence-corrected chi connectivity index (χ1v) is 15.1. The van der Waals surface area contributed by atoms with Crippen LogP contribution in [-0.2, 0) is 0 Å². The third kappa shape index (κ3) is 6.76. The number of nitrogens with zero attached hydrogens (tertiary/aromatic N) is 3. The first-order chi connectivity index (χ1) is 16.1. The average molecular weight is 488 g/mol. The predicted octanol–water partition coefficient (Wildman–Crippen LogP) is 8.50. The molecule has 1 atom stereocenters. The van der Waals surface area contributed by atoms with Gasteiger partial charge in [-0.25, -0.2) is 4.99 Å². The van der Waals surface area contributed by atoms with Gasteiger partial charge in [-0.3, -0.25) is 0 Å². The van der Waals surface area contributed by atoms with Gasteiger partial charge in [0.25, 0.3) is 0 Å². The Balaban J connectivity index is 1.98. The number of unbranched alkanes of at least 4 members (excludes halogenated alkanes) is 4. The van der Waals surface area contributed by atoms with Crippen molar-refractivity contribution in [3.05, 3.63) is 46.3 Å². The first-order valence-electron chi connectivity index (χ1n) is 13.0. The van der Waals surface area contributed by atoms with Gasteiger partial charge < -0.3 is 9.80 Å². The van der Waals surface area contributed by atoms with Crippen LogP contribution in [0.5, 0.6) is 0 Å². The molecule has 0 aliphatic carbocycles. The summed E-state index contributed by atoms with van der Waals surface area (Å²) in [5, 5.41) is 1.03. The fourth-order valence-electron chi connectivity index (χ4n) is 4.25. The van der Waals surface area contributed by atoms with Crippen molar-refractivity contribution in [3.8, 4) is 0 Å². The minimum atomic E-state index is -0.491. The molecule has 2 aromatic carbocycles. The largest absolute Gasteiger partial charge is 0.372 e. The van der Waals surface area contributed by atoms with Crippen molar-refractivity contribution in [2.45, 2.75) is 84.0 Å². The number of hydrogen-bond donors (Lipinski definition) is 0. The van der Waals surface area contributed by atoms with Crippen molar-refractivity contribution >= 4 is 37.4 Å². The topological polar surface area (TPSA) is 18.8 Å². The predicted molar refractivity (Wildman–Crippen MR) is 148 cm³/mol. The fraction of sp³-hybridized carbons (Fsp3) is 0.571. The Hall–Kier alpha value is -1.52. The second kappa shape index (κ2) is 13.4. The summed E-state index contributed by atoms with van der Waals surface area (Å²) in [6.07, 6.45) is 9.73. The molecular weight excluding hydrogens is 446 g/mol. The molecule has 1 aliphatic rings. The molecule has 2 aromatic rings. The summed E-state index contributed by atoms with van der Waals surface area (Å²) >= 11 is 0. The van der Waals surface area contributed by atoms with E-state index in [9.17, 15) is 0 Å². The third-order valence-corrected chi connectivity index (χ3v) is 8.79. The Kier molecular flexibility index (Phi) is 10.6. The minimum Gasteiger partial charge on any atom is -0.372 e. The summed E-state index contributed by atoms with van der Waals surface area (Å²) in [6, 6.07) is 13.4. The number of benzene rings is 2. The zero-order chi connectivity index (χ0) is 23.6. The lowest BCUT2D eigenvalue weighted by molar-refractivity contribution is 0.677. The quantitative estimate of drug-likeness (QED) is 0.249. The van der Waals surface area contributed by atoms with E-state index in [1.54, 1.807) is 0 Å². The van der Waals surface area contributed by atoms with Crippen molar-refractivity contribution in [1.82, 2.24) is 0 Å². The van der Waals surface area contributed by atoms with E-state index in [-0.39, 0.29) is 0 Å². The van der Waals surface area contributed by atoms with Crippen LogP contribution in [0.2, 0.25) is 0 Å². The molecule has 1 aliphatic heterocycles. The SMILES string of the molecule is CCCCN(CCCC)c1ccc2c(c1)S(Cl)=c1cc(N(CCCC)CCCC)ccc1=N2. The van der Waals surface area contributed by atoms with Gasteiger partial charge in [0.05, 0.1) is 11.0 Å². The molecule has 0 aromatic heterocycles. The molecule has 3 rings (SSSR count). The maximum atomic E-state index is 7.18. The van der Waals surface area contributed by atoms with Gasteiger partial charge in [0.1, 0.15) is 0 Å². The number of halogens is 1. The molecule has 1 heterocycles. The maximum Gasteiger partial charge on any atom is 0.0781 e. The van der Waals surface area contributed by atoms with Gasteiger partial charge >= 0.3 is 0 Å². The standard InChI is InChI=1S/C28H42ClN3S/c1-5-9-17-31(18-10-6-2)23-13-15-25-27(21-23)33(29)28-22-24(14-16-26(28)30-25)32(19-11-7-3)20-12-8-4/h13-16,21-22H,5-12,17-20H2,1-4H3. The third-order valence-electron chi connectivity index (χ3n) is 6.37. The zero-order valence-corrected chi connectivity index (χ0v) is 22.6. The summed E-state index contributed by atoms with van der Waals surface area (Å²) in [6.45, 7) is 13.5. The van der Waals surface area contributed by atoms with Gasteiger partial charge in [-0.05, 0) is 72.8 Å². The Morgan fingerprint density at radius 3 is 1.70 bits per heavy atom. The number of hydrogen-bond acceptors (Lipinski definition) is 3. The normalized spacial score (nSPS) is 14.4. The molecule has 0 amide bonds. The molecular formula is C28H42ClN3S. The van der Waals surface area contributed by atoms with Crippen LogP contribution < -0.4 is 15.2 Å². The molecule has 182 valence electrons. The van der Waals surface area contributed by atoms with E-state index in [0.29, 0.717) is 0 Å². The van der Waals surface area contributed by atoms with Crippen molar-refractivity contribution in [3.63, 3.8) is 0 Å². The number of anilines is 2. The Morgan fingerprint density at radius 1 is 0.697 bits per heavy atom. The van der Waals surface area contributed by atoms with Gasteiger partial charge in [-0.2, -0.15) is 0 Å². The van der Waals surface area contributed by atoms with E-state index in [2.05, 4.69) is 73.9 Å². The van der Waals surface area contributed by atoms with E-state index < -0.39 is 9.70 Å². The molecule has 0 fully saturated rings. The monoisotopic (exact) mass is 487 g/mol. The Bertz CT molecular complexity index is 1000. The van der Waals surface area contributed by atoms with E-state index in [0.717, 1.165) is 37.2 Å². The van der Waals surface area contributed by atoms with E-state index in [1.165, 1.54) is 72.1 Å². The van der Waals surface area contributed by atoms with Crippen molar-refractivity contribution in [2.24, 2.45) is 4.99 Å². The smallest absolute Gasteiger partial charge is 0.0781 e. The van der Waals surface area contributed by atoms with Gasteiger partial charge in [-0.1, -0.05) is 63.1 Å². The van der Waals surface area contributed by atoms with Gasteiger partial charge in [-0.15, -0.1) is 0 Å². The molecule has 0 saturated heterocycles. The van der Waals surface area contributed by atoms with Crippen molar-refractivity contribution < 1.29 is 0 Å². The number of rotatable bonds is 14. The molecule has 0 radical (unpaired) electrons. The van der Waals surface area contributed by atoms with Gasteiger partial charge in [0.2, 0.25) is 0 Å². The van der Waals surface area contributed by atoms with Crippen molar-refractivity contribution in [2.75, 3.05) is 36.0 Å². The zero-order valence-electron chi connectivity index (χ0n) is 21.1. The van der Waals surface area contributed by atoms with Crippen LogP contribution in [0.4, 0.5) is 17.1 Å². The molecule has 0 spiro atoms. The second-order valence-corrected chi connectivity index (χ2v) is 11.4. The summed E-state index contributed by atoms with van der Waals surface area (Å²) in [5.74, 6) is 0. The van der Waals surface area contributed by atoms with Crippen LogP contribution >= 0.6 is 20.4 Å². The van der Waals surface area contributed by atoms with Crippen LogP contribution in [-0.4, -0.2) is 26.2 Å². The van der Waals surface area contributed by atoms with E-state index in [4.69, 9.17) is 15.7 Å². The van der Waals surface area contributed by atoms with E-state index in [1.807, 2.05) is 0 Å². The van der Waals surface area contributed by atoms with Crippen LogP contribution in [0.25, 0.3) is 0 Å². The summed E-state index contributed by atoms with van der Waals surface area (Å²) in [5.41, 5.74) is 3.60. The summed E-state index contributed by atoms with van der Waals surface area (Å²) < 4.78 is 1.17.